The minimum absolute atomic E-state index is 0.131. The Bertz CT molecular complexity index is 1320. The number of aryl methyl sites for hydroxylation is 1. The number of rotatable bonds is 4. The molecule has 1 saturated heterocycles. The van der Waals surface area contributed by atoms with Crippen LogP contribution in [0.3, 0.4) is 0 Å². The molecule has 0 atom stereocenters. The van der Waals surface area contributed by atoms with E-state index in [0.717, 1.165) is 11.1 Å². The number of nitrogens with zero attached hydrogens (tertiary/aromatic N) is 6. The van der Waals surface area contributed by atoms with E-state index in [1.54, 1.807) is 37.2 Å². The smallest absolute Gasteiger partial charge is 0.318 e. The molecule has 10 nitrogen and oxygen atoms in total. The van der Waals surface area contributed by atoms with Crippen LogP contribution in [0.15, 0.2) is 40.2 Å². The van der Waals surface area contributed by atoms with Crippen LogP contribution in [0.25, 0.3) is 16.7 Å². The molecule has 1 fully saturated rings. The van der Waals surface area contributed by atoms with Crippen molar-refractivity contribution < 1.29 is 9.47 Å². The first-order chi connectivity index (χ1) is 15.6. The number of hydrogen-bond acceptors (Lipinski definition) is 8. The lowest BCUT2D eigenvalue weighted by molar-refractivity contribution is 0.216. The van der Waals surface area contributed by atoms with E-state index in [1.165, 1.54) is 4.57 Å². The van der Waals surface area contributed by atoms with E-state index < -0.39 is 11.1 Å². The fourth-order valence-corrected chi connectivity index (χ4v) is 4.36. The molecule has 32 heavy (non-hydrogen) atoms. The maximum Gasteiger partial charge on any atom is 0.318 e. The van der Waals surface area contributed by atoms with Gasteiger partial charge in [-0.3, -0.25) is 14.2 Å². The number of methoxy groups -OCH3 is 1. The van der Waals surface area contributed by atoms with Gasteiger partial charge < -0.3 is 18.9 Å². The number of aromatic nitrogens is 5. The molecule has 0 unspecified atom stereocenters. The van der Waals surface area contributed by atoms with Gasteiger partial charge in [-0.2, -0.15) is 4.98 Å². The summed E-state index contributed by atoms with van der Waals surface area (Å²) in [5, 5.41) is 0. The van der Waals surface area contributed by atoms with Crippen LogP contribution >= 0.6 is 0 Å². The normalized spacial score (nSPS) is 17.1. The lowest BCUT2D eigenvalue weighted by Crippen LogP contribution is -2.45. The Hall–Kier alpha value is -3.53. The van der Waals surface area contributed by atoms with Crippen molar-refractivity contribution in [3.8, 4) is 5.88 Å². The summed E-state index contributed by atoms with van der Waals surface area (Å²) in [5.74, 6) is 1.10. The van der Waals surface area contributed by atoms with Gasteiger partial charge in [0.25, 0.3) is 0 Å². The molecule has 0 amide bonds. The Morgan fingerprint density at radius 3 is 2.69 bits per heavy atom. The number of ether oxygens (including phenoxy) is 2. The van der Waals surface area contributed by atoms with E-state index in [1.807, 2.05) is 12.1 Å². The minimum Gasteiger partial charge on any atom is -0.481 e. The van der Waals surface area contributed by atoms with Crippen LogP contribution < -0.4 is 20.8 Å². The molecule has 2 aliphatic heterocycles. The minimum atomic E-state index is -0.549. The highest BCUT2D eigenvalue weighted by molar-refractivity contribution is 5.78. The Labute approximate surface area is 183 Å². The molecule has 5 rings (SSSR count). The third-order valence-corrected chi connectivity index (χ3v) is 6.16. The first-order valence-electron chi connectivity index (χ1n) is 10.6. The van der Waals surface area contributed by atoms with Gasteiger partial charge in [0.05, 0.1) is 25.8 Å². The van der Waals surface area contributed by atoms with Crippen molar-refractivity contribution in [3.63, 3.8) is 0 Å². The average Bonchev–Trinajstić information content (AvgIpc) is 3.38. The van der Waals surface area contributed by atoms with Gasteiger partial charge in [-0.15, -0.1) is 0 Å². The van der Waals surface area contributed by atoms with Crippen LogP contribution in [-0.2, 0) is 11.8 Å². The van der Waals surface area contributed by atoms with E-state index in [0.29, 0.717) is 62.1 Å². The second kappa shape index (κ2) is 8.19. The summed E-state index contributed by atoms with van der Waals surface area (Å²) in [4.78, 5) is 41.1. The van der Waals surface area contributed by atoms with Gasteiger partial charge >= 0.3 is 11.1 Å². The standard InChI is InChI=1S/C22H24N6O4/c1-26-17-11-15(14-6-10-32-13-14)12-24-19(17)28(21(30)20(26)29)16-4-8-27(9-5-16)22-23-7-3-18(25-22)31-2/h3,6-7,11-12,16H,4-5,8-10,13H2,1-2H3. The zero-order chi connectivity index (χ0) is 22.2. The van der Waals surface area contributed by atoms with Gasteiger partial charge in [-0.05, 0) is 24.5 Å². The molecule has 0 radical (unpaired) electrons. The molecule has 5 heterocycles. The Morgan fingerprint density at radius 2 is 1.97 bits per heavy atom. The quantitative estimate of drug-likeness (QED) is 0.561. The van der Waals surface area contributed by atoms with Crippen LogP contribution in [0.5, 0.6) is 5.88 Å². The van der Waals surface area contributed by atoms with E-state index >= 15 is 0 Å². The van der Waals surface area contributed by atoms with Gasteiger partial charge in [0.15, 0.2) is 5.65 Å². The number of anilines is 1. The number of piperidine rings is 1. The molecule has 10 heteroatoms. The zero-order valence-corrected chi connectivity index (χ0v) is 18.0. The van der Waals surface area contributed by atoms with Crippen LogP contribution in [-0.4, -0.2) is 57.5 Å². The lowest BCUT2D eigenvalue weighted by atomic mass is 10.0. The third kappa shape index (κ3) is 3.46. The topological polar surface area (TPSA) is 104 Å². The first-order valence-corrected chi connectivity index (χ1v) is 10.6. The van der Waals surface area contributed by atoms with E-state index in [9.17, 15) is 9.59 Å². The van der Waals surface area contributed by atoms with Crippen molar-refractivity contribution in [2.75, 3.05) is 38.3 Å². The summed E-state index contributed by atoms with van der Waals surface area (Å²) in [6, 6.07) is 3.49. The number of hydrogen-bond donors (Lipinski definition) is 0. The molecular weight excluding hydrogens is 412 g/mol. The van der Waals surface area contributed by atoms with Crippen molar-refractivity contribution in [1.82, 2.24) is 24.1 Å². The highest BCUT2D eigenvalue weighted by Gasteiger charge is 2.26. The summed E-state index contributed by atoms with van der Waals surface area (Å²) < 4.78 is 13.6. The Kier molecular flexibility index (Phi) is 5.22. The van der Waals surface area contributed by atoms with Gasteiger partial charge in [-0.25, -0.2) is 9.97 Å². The van der Waals surface area contributed by atoms with Gasteiger partial charge in [-0.1, -0.05) is 6.08 Å². The molecule has 0 spiro atoms. The molecule has 0 aliphatic carbocycles. The molecule has 3 aromatic rings. The van der Waals surface area contributed by atoms with E-state index in [2.05, 4.69) is 19.9 Å². The Balaban J connectivity index is 1.49. The SMILES string of the molecule is COc1ccnc(N2CCC(n3c(=O)c(=O)n(C)c4cc(C5=CCOC5)cnc43)CC2)n1. The highest BCUT2D eigenvalue weighted by atomic mass is 16.5. The van der Waals surface area contributed by atoms with Crippen LogP contribution in [0, 0.1) is 0 Å². The summed E-state index contributed by atoms with van der Waals surface area (Å²) in [7, 11) is 3.19. The largest absolute Gasteiger partial charge is 0.481 e. The van der Waals surface area contributed by atoms with Crippen LogP contribution in [0.4, 0.5) is 5.95 Å². The predicted molar refractivity (Wildman–Crippen MR) is 119 cm³/mol. The summed E-state index contributed by atoms with van der Waals surface area (Å²) in [5.41, 5.74) is 2.01. The number of pyridine rings is 1. The molecule has 166 valence electrons. The fraction of sp³-hybridized carbons (Fsp3) is 0.409. The summed E-state index contributed by atoms with van der Waals surface area (Å²) in [6.07, 6.45) is 6.77. The van der Waals surface area contributed by atoms with Gasteiger partial charge in [0.1, 0.15) is 0 Å². The van der Waals surface area contributed by atoms with E-state index in [-0.39, 0.29) is 6.04 Å². The fourth-order valence-electron chi connectivity index (χ4n) is 4.36. The molecule has 3 aromatic heterocycles. The lowest BCUT2D eigenvalue weighted by Gasteiger charge is -2.33. The summed E-state index contributed by atoms with van der Waals surface area (Å²) >= 11 is 0. The van der Waals surface area contributed by atoms with E-state index in [4.69, 9.17) is 9.47 Å². The third-order valence-electron chi connectivity index (χ3n) is 6.16. The molecule has 2 aliphatic rings. The molecular formula is C22H24N6O4. The highest BCUT2D eigenvalue weighted by Crippen LogP contribution is 2.27. The Morgan fingerprint density at radius 1 is 1.16 bits per heavy atom. The molecule has 0 saturated carbocycles. The zero-order valence-electron chi connectivity index (χ0n) is 18.0. The van der Waals surface area contributed by atoms with Gasteiger partial charge in [0.2, 0.25) is 11.8 Å². The van der Waals surface area contributed by atoms with Crippen molar-refractivity contribution in [2.45, 2.75) is 18.9 Å². The van der Waals surface area contributed by atoms with Crippen molar-refractivity contribution in [1.29, 1.82) is 0 Å². The molecule has 0 aromatic carbocycles. The second-order valence-corrected chi connectivity index (χ2v) is 7.97. The van der Waals surface area contributed by atoms with Crippen LogP contribution in [0.2, 0.25) is 0 Å². The maximum absolute atomic E-state index is 13.0. The first kappa shape index (κ1) is 20.4. The van der Waals surface area contributed by atoms with Gasteiger partial charge in [0, 0.05) is 50.2 Å². The average molecular weight is 436 g/mol. The van der Waals surface area contributed by atoms with Crippen molar-refractivity contribution >= 4 is 22.7 Å². The monoisotopic (exact) mass is 436 g/mol. The van der Waals surface area contributed by atoms with Crippen molar-refractivity contribution in [3.05, 3.63) is 56.9 Å². The number of fused-ring (bicyclic) bond motifs is 1. The molecule has 0 bridgehead atoms. The maximum atomic E-state index is 13.0. The van der Waals surface area contributed by atoms with Crippen molar-refractivity contribution in [2.24, 2.45) is 7.05 Å². The van der Waals surface area contributed by atoms with Crippen LogP contribution in [0.1, 0.15) is 24.4 Å². The summed E-state index contributed by atoms with van der Waals surface area (Å²) in [6.45, 7) is 2.40. The predicted octanol–water partition coefficient (Wildman–Crippen LogP) is 1.15. The second-order valence-electron chi connectivity index (χ2n) is 7.97. The molecule has 0 N–H and O–H groups in total.